The number of rotatable bonds is 9. The fourth-order valence-electron chi connectivity index (χ4n) is 3.38. The predicted molar refractivity (Wildman–Crippen MR) is 109 cm³/mol. The molecule has 6 heteroatoms. The average Bonchev–Trinajstić information content (AvgIpc) is 2.60. The molecule has 26 heavy (non-hydrogen) atoms. The molecular formula is C20H32N3O2S+. The van der Waals surface area contributed by atoms with Crippen molar-refractivity contribution in [1.82, 2.24) is 5.32 Å². The Bertz CT molecular complexity index is 594. The van der Waals surface area contributed by atoms with Crippen molar-refractivity contribution in [2.75, 3.05) is 36.5 Å². The molecule has 1 aromatic rings. The Morgan fingerprint density at radius 2 is 2.04 bits per heavy atom. The number of thioether (sulfide) groups is 1. The topological polar surface area (TPSA) is 62.6 Å². The van der Waals surface area contributed by atoms with Crippen LogP contribution in [0.4, 0.5) is 5.69 Å². The summed E-state index contributed by atoms with van der Waals surface area (Å²) in [6.45, 7) is 7.44. The van der Waals surface area contributed by atoms with Crippen LogP contribution in [0.5, 0.6) is 0 Å². The lowest BCUT2D eigenvalue weighted by atomic mass is 10.0. The number of anilines is 1. The van der Waals surface area contributed by atoms with Crippen LogP contribution in [-0.4, -0.2) is 49.0 Å². The van der Waals surface area contributed by atoms with E-state index in [1.165, 1.54) is 37.6 Å². The van der Waals surface area contributed by atoms with Crippen molar-refractivity contribution in [1.29, 1.82) is 0 Å². The number of nitrogens with one attached hydrogen (secondary N) is 3. The number of benzene rings is 1. The fourth-order valence-corrected chi connectivity index (χ4v) is 4.02. The summed E-state index contributed by atoms with van der Waals surface area (Å²) in [6.07, 6.45) is 5.02. The van der Waals surface area contributed by atoms with Gasteiger partial charge in [-0.25, -0.2) is 0 Å². The largest absolute Gasteiger partial charge is 0.355 e. The van der Waals surface area contributed by atoms with Gasteiger partial charge in [-0.05, 0) is 50.8 Å². The van der Waals surface area contributed by atoms with Crippen molar-refractivity contribution in [3.63, 3.8) is 0 Å². The zero-order chi connectivity index (χ0) is 18.8. The second kappa shape index (κ2) is 11.2. The molecule has 0 aromatic heterocycles. The van der Waals surface area contributed by atoms with Crippen LogP contribution in [0.15, 0.2) is 24.3 Å². The molecule has 5 nitrogen and oxygen atoms in total. The summed E-state index contributed by atoms with van der Waals surface area (Å²) >= 11 is 1.35. The number of carbonyl (C=O) groups is 2. The minimum absolute atomic E-state index is 0.0139. The monoisotopic (exact) mass is 378 g/mol. The Kier molecular flexibility index (Phi) is 8.98. The first-order valence-corrected chi connectivity index (χ1v) is 10.8. The van der Waals surface area contributed by atoms with E-state index in [9.17, 15) is 9.59 Å². The maximum Gasteiger partial charge on any atom is 0.234 e. The maximum atomic E-state index is 11.9. The van der Waals surface area contributed by atoms with Gasteiger partial charge in [0.1, 0.15) is 0 Å². The number of hydrogen-bond acceptors (Lipinski definition) is 3. The number of quaternary nitrogens is 1. The Labute approximate surface area is 161 Å². The summed E-state index contributed by atoms with van der Waals surface area (Å²) < 4.78 is 0. The normalized spacial score (nSPS) is 19.8. The van der Waals surface area contributed by atoms with Gasteiger partial charge in [-0.3, -0.25) is 9.59 Å². The van der Waals surface area contributed by atoms with E-state index in [0.29, 0.717) is 5.75 Å². The highest BCUT2D eigenvalue weighted by molar-refractivity contribution is 8.00. The van der Waals surface area contributed by atoms with Gasteiger partial charge >= 0.3 is 0 Å². The summed E-state index contributed by atoms with van der Waals surface area (Å²) in [7, 11) is 0. The second-order valence-corrected chi connectivity index (χ2v) is 8.15. The third kappa shape index (κ3) is 7.79. The maximum absolute atomic E-state index is 11.9. The van der Waals surface area contributed by atoms with Gasteiger partial charge in [0.15, 0.2) is 0 Å². The Hall–Kier alpha value is -1.53. The van der Waals surface area contributed by atoms with Crippen LogP contribution in [0.1, 0.15) is 38.2 Å². The van der Waals surface area contributed by atoms with E-state index in [1.54, 1.807) is 4.90 Å². The highest BCUT2D eigenvalue weighted by Crippen LogP contribution is 2.10. The average molecular weight is 379 g/mol. The van der Waals surface area contributed by atoms with E-state index in [0.717, 1.165) is 36.8 Å². The molecular weight excluding hydrogens is 346 g/mol. The number of carbonyl (C=O) groups excluding carboxylic acids is 2. The van der Waals surface area contributed by atoms with Crippen molar-refractivity contribution in [2.24, 2.45) is 0 Å². The van der Waals surface area contributed by atoms with Gasteiger partial charge in [0.05, 0.1) is 30.6 Å². The first-order chi connectivity index (χ1) is 12.5. The van der Waals surface area contributed by atoms with Gasteiger partial charge < -0.3 is 15.5 Å². The third-order valence-electron chi connectivity index (χ3n) is 4.85. The highest BCUT2D eigenvalue weighted by atomic mass is 32.2. The highest BCUT2D eigenvalue weighted by Gasteiger charge is 2.20. The molecule has 0 radical (unpaired) electrons. The molecule has 2 rings (SSSR count). The fraction of sp³-hybridized carbons (Fsp3) is 0.600. The van der Waals surface area contributed by atoms with Gasteiger partial charge in [-0.15, -0.1) is 11.8 Å². The lowest BCUT2D eigenvalue weighted by Gasteiger charge is -2.30. The number of piperidine rings is 1. The van der Waals surface area contributed by atoms with Crippen LogP contribution in [0.2, 0.25) is 0 Å². The SMILES string of the molecule is Cc1cccc(NC(=O)CSCC(=O)NCCC[NH+]2CCCC[C@H]2C)c1. The standard InChI is InChI=1S/C20H31N3O2S/c1-16-7-5-9-18(13-16)22-20(25)15-26-14-19(24)21-10-6-12-23-11-4-3-8-17(23)2/h5,7,9,13,17H,3-4,6,8,10-12,14-15H2,1-2H3,(H,21,24)(H,22,25)/p+1/t17-/m1/s1. The van der Waals surface area contributed by atoms with E-state index in [2.05, 4.69) is 17.6 Å². The van der Waals surface area contributed by atoms with Crippen LogP contribution in [0, 0.1) is 6.92 Å². The smallest absolute Gasteiger partial charge is 0.234 e. The van der Waals surface area contributed by atoms with Crippen molar-refractivity contribution < 1.29 is 14.5 Å². The molecule has 3 N–H and O–H groups in total. The summed E-state index contributed by atoms with van der Waals surface area (Å²) in [5.41, 5.74) is 1.91. The third-order valence-corrected chi connectivity index (χ3v) is 5.78. The van der Waals surface area contributed by atoms with E-state index >= 15 is 0 Å². The van der Waals surface area contributed by atoms with Crippen molar-refractivity contribution >= 4 is 29.3 Å². The van der Waals surface area contributed by atoms with Crippen molar-refractivity contribution in [3.8, 4) is 0 Å². The number of amides is 2. The van der Waals surface area contributed by atoms with Gasteiger partial charge in [-0.1, -0.05) is 12.1 Å². The molecule has 0 aliphatic carbocycles. The molecule has 1 aliphatic rings. The molecule has 1 unspecified atom stereocenters. The predicted octanol–water partition coefficient (Wildman–Crippen LogP) is 1.63. The quantitative estimate of drug-likeness (QED) is 0.573. The first-order valence-electron chi connectivity index (χ1n) is 9.60. The molecule has 1 aliphatic heterocycles. The number of hydrogen-bond donors (Lipinski definition) is 3. The van der Waals surface area contributed by atoms with Gasteiger partial charge in [-0.2, -0.15) is 0 Å². The zero-order valence-corrected chi connectivity index (χ0v) is 16.8. The Morgan fingerprint density at radius 1 is 1.23 bits per heavy atom. The molecule has 2 atom stereocenters. The van der Waals surface area contributed by atoms with Gasteiger partial charge in [0, 0.05) is 18.7 Å². The van der Waals surface area contributed by atoms with Crippen LogP contribution in [0.3, 0.4) is 0 Å². The van der Waals surface area contributed by atoms with Crippen LogP contribution in [0.25, 0.3) is 0 Å². The molecule has 0 spiro atoms. The molecule has 1 fully saturated rings. The van der Waals surface area contributed by atoms with Gasteiger partial charge in [0.2, 0.25) is 11.8 Å². The van der Waals surface area contributed by atoms with E-state index in [4.69, 9.17) is 0 Å². The lowest BCUT2D eigenvalue weighted by molar-refractivity contribution is -0.928. The number of likely N-dealkylation sites (tertiary alicyclic amines) is 1. The first kappa shape index (κ1) is 20.8. The van der Waals surface area contributed by atoms with E-state index in [-0.39, 0.29) is 17.6 Å². The summed E-state index contributed by atoms with van der Waals surface area (Å²) in [5, 5.41) is 5.82. The molecule has 0 bridgehead atoms. The second-order valence-electron chi connectivity index (χ2n) is 7.17. The minimum atomic E-state index is -0.0731. The Morgan fingerprint density at radius 3 is 2.81 bits per heavy atom. The van der Waals surface area contributed by atoms with Crippen molar-refractivity contribution in [3.05, 3.63) is 29.8 Å². The zero-order valence-electron chi connectivity index (χ0n) is 16.0. The molecule has 1 heterocycles. The summed E-state index contributed by atoms with van der Waals surface area (Å²) in [4.78, 5) is 25.5. The molecule has 1 aromatic carbocycles. The Balaban J connectivity index is 1.52. The molecule has 1 saturated heterocycles. The summed E-state index contributed by atoms with van der Waals surface area (Å²) in [6, 6.07) is 8.45. The lowest BCUT2D eigenvalue weighted by Crippen LogP contribution is -3.16. The van der Waals surface area contributed by atoms with Crippen LogP contribution < -0.4 is 15.5 Å². The van der Waals surface area contributed by atoms with Crippen LogP contribution >= 0.6 is 11.8 Å². The molecule has 144 valence electrons. The molecule has 0 saturated carbocycles. The van der Waals surface area contributed by atoms with Gasteiger partial charge in [0.25, 0.3) is 0 Å². The molecule has 2 amide bonds. The van der Waals surface area contributed by atoms with E-state index in [1.807, 2.05) is 31.2 Å². The summed E-state index contributed by atoms with van der Waals surface area (Å²) in [5.74, 6) is 0.557. The minimum Gasteiger partial charge on any atom is -0.355 e. The van der Waals surface area contributed by atoms with E-state index < -0.39 is 0 Å². The van der Waals surface area contributed by atoms with Crippen LogP contribution in [-0.2, 0) is 9.59 Å². The number of aryl methyl sites for hydroxylation is 1. The van der Waals surface area contributed by atoms with Crippen molar-refractivity contribution in [2.45, 2.75) is 45.6 Å².